The molecule has 0 aromatic rings. The zero-order valence-electron chi connectivity index (χ0n) is 14.8. The zero-order valence-corrected chi connectivity index (χ0v) is 15.7. The van der Waals surface area contributed by atoms with Gasteiger partial charge in [0.1, 0.15) is 24.6 Å². The van der Waals surface area contributed by atoms with Crippen LogP contribution in [-0.2, 0) is 47.2 Å². The minimum atomic E-state index is -1.21. The number of carbonyl (C=O) groups excluding carboxylic acids is 4. The van der Waals surface area contributed by atoms with Crippen molar-refractivity contribution in [3.05, 3.63) is 0 Å². The molecule has 146 valence electrons. The summed E-state index contributed by atoms with van der Waals surface area (Å²) in [7, 11) is -0.726. The topological polar surface area (TPSA) is 132 Å². The lowest BCUT2D eigenvalue weighted by Gasteiger charge is -2.43. The maximum atomic E-state index is 11.6. The molecule has 0 N–H and O–H groups in total. The lowest BCUT2D eigenvalue weighted by Crippen LogP contribution is -2.59. The van der Waals surface area contributed by atoms with Crippen molar-refractivity contribution in [1.82, 2.24) is 0 Å². The van der Waals surface area contributed by atoms with E-state index in [-0.39, 0.29) is 18.8 Å². The minimum Gasteiger partial charge on any atom is -0.463 e. The fourth-order valence-corrected chi connectivity index (χ4v) is 2.96. The first-order valence-corrected chi connectivity index (χ1v) is 8.49. The second-order valence-electron chi connectivity index (χ2n) is 5.74. The molecule has 0 aliphatic carbocycles. The molecule has 1 aliphatic rings. The van der Waals surface area contributed by atoms with Gasteiger partial charge in [-0.3, -0.25) is 18.9 Å². The summed E-state index contributed by atoms with van der Waals surface area (Å²) in [5.74, 6) is -3.13. The predicted octanol–water partition coefficient (Wildman–Crippen LogP) is 0.956. The number of ether oxygens (including phenoxy) is 4. The van der Waals surface area contributed by atoms with Gasteiger partial charge in [-0.2, -0.15) is 0 Å². The summed E-state index contributed by atoms with van der Waals surface area (Å²) in [6, 6.07) is 0. The first-order valence-electron chi connectivity index (χ1n) is 7.76. The van der Waals surface area contributed by atoms with Gasteiger partial charge >= 0.3 is 26.6 Å². The second kappa shape index (κ2) is 10.3. The van der Waals surface area contributed by atoms with E-state index in [9.17, 15) is 23.7 Å². The quantitative estimate of drug-likeness (QED) is 0.334. The highest BCUT2D eigenvalue weighted by Crippen LogP contribution is 2.35. The van der Waals surface area contributed by atoms with Crippen molar-refractivity contribution < 1.29 is 47.2 Å². The molecule has 11 heteroatoms. The van der Waals surface area contributed by atoms with E-state index in [1.807, 2.05) is 0 Å². The minimum absolute atomic E-state index is 0.143. The Hall–Kier alpha value is -1.90. The summed E-state index contributed by atoms with van der Waals surface area (Å²) < 4.78 is 36.8. The lowest BCUT2D eigenvalue weighted by atomic mass is 9.87. The van der Waals surface area contributed by atoms with Crippen molar-refractivity contribution in [2.75, 3.05) is 6.61 Å². The average molecular weight is 392 g/mol. The zero-order chi connectivity index (χ0) is 19.9. The van der Waals surface area contributed by atoms with E-state index in [1.54, 1.807) is 0 Å². The van der Waals surface area contributed by atoms with Crippen LogP contribution in [0.15, 0.2) is 0 Å². The third-order valence-corrected chi connectivity index (χ3v) is 3.79. The van der Waals surface area contributed by atoms with Crippen LogP contribution in [0.4, 0.5) is 0 Å². The fourth-order valence-electron chi connectivity index (χ4n) is 2.66. The number of rotatable bonds is 8. The lowest BCUT2D eigenvalue weighted by molar-refractivity contribution is -0.269. The molecule has 26 heavy (non-hydrogen) atoms. The Labute approximate surface area is 151 Å². The van der Waals surface area contributed by atoms with Crippen LogP contribution in [0.1, 0.15) is 34.1 Å². The maximum Gasteiger partial charge on any atom is 0.329 e. The number of hydrogen-bond donors (Lipinski definition) is 0. The van der Waals surface area contributed by atoms with E-state index < -0.39 is 57.1 Å². The SMILES string of the molecule is CC(=O)CC1C(OP=O)OC(COC(C)=O)C(OC(C)=O)C1OC(C)=O. The molecule has 0 aromatic carbocycles. The molecule has 0 amide bonds. The van der Waals surface area contributed by atoms with E-state index in [4.69, 9.17) is 23.5 Å². The summed E-state index contributed by atoms with van der Waals surface area (Å²) >= 11 is 0. The third-order valence-electron chi connectivity index (χ3n) is 3.50. The molecule has 1 heterocycles. The highest BCUT2D eigenvalue weighted by Gasteiger charge is 2.51. The molecule has 1 fully saturated rings. The van der Waals surface area contributed by atoms with Crippen LogP contribution in [0.25, 0.3) is 0 Å². The Morgan fingerprint density at radius 2 is 1.50 bits per heavy atom. The van der Waals surface area contributed by atoms with Crippen molar-refractivity contribution in [2.45, 2.75) is 58.7 Å². The monoisotopic (exact) mass is 392 g/mol. The molecule has 1 rings (SSSR count). The van der Waals surface area contributed by atoms with E-state index in [0.29, 0.717) is 0 Å². The molecular formula is C15H21O10P. The van der Waals surface area contributed by atoms with E-state index in [2.05, 4.69) is 0 Å². The number of Topliss-reactive ketones (excluding diaryl/α,β-unsaturated/α-hetero) is 1. The van der Waals surface area contributed by atoms with Gasteiger partial charge in [0.15, 0.2) is 12.4 Å². The standard InChI is InChI=1S/C15H21O10P/c1-7(16)5-11-13(22-9(3)18)14(23-10(4)19)12(6-21-8(2)17)24-15(11)25-26-20/h11-15H,5-6H2,1-4H3. The number of ketones is 1. The molecule has 10 nitrogen and oxygen atoms in total. The number of hydrogen-bond acceptors (Lipinski definition) is 10. The largest absolute Gasteiger partial charge is 0.463 e. The van der Waals surface area contributed by atoms with Crippen molar-refractivity contribution in [2.24, 2.45) is 5.92 Å². The molecule has 0 bridgehead atoms. The van der Waals surface area contributed by atoms with Crippen molar-refractivity contribution in [3.63, 3.8) is 0 Å². The van der Waals surface area contributed by atoms with Gasteiger partial charge in [-0.1, -0.05) is 0 Å². The Balaban J connectivity index is 3.24. The van der Waals surface area contributed by atoms with Crippen LogP contribution < -0.4 is 0 Å². The van der Waals surface area contributed by atoms with Gasteiger partial charge in [0.2, 0.25) is 0 Å². The van der Waals surface area contributed by atoms with Crippen molar-refractivity contribution in [1.29, 1.82) is 0 Å². The Morgan fingerprint density at radius 3 is 1.96 bits per heavy atom. The average Bonchev–Trinajstić information content (AvgIpc) is 2.50. The maximum absolute atomic E-state index is 11.6. The van der Waals surface area contributed by atoms with Crippen molar-refractivity contribution >= 4 is 32.4 Å². The fraction of sp³-hybridized carbons (Fsp3) is 0.733. The molecule has 0 saturated carbocycles. The second-order valence-corrected chi connectivity index (χ2v) is 6.10. The Morgan fingerprint density at radius 1 is 0.923 bits per heavy atom. The Kier molecular flexibility index (Phi) is 8.77. The first-order chi connectivity index (χ1) is 12.1. The molecule has 1 aliphatic heterocycles. The highest BCUT2D eigenvalue weighted by atomic mass is 31.1. The third kappa shape index (κ3) is 6.78. The van der Waals surface area contributed by atoms with Crippen LogP contribution in [0.2, 0.25) is 0 Å². The molecule has 0 spiro atoms. The van der Waals surface area contributed by atoms with Gasteiger partial charge < -0.3 is 23.7 Å². The van der Waals surface area contributed by atoms with Crippen LogP contribution in [0, 0.1) is 5.92 Å². The predicted molar refractivity (Wildman–Crippen MR) is 83.9 cm³/mol. The van der Waals surface area contributed by atoms with Gasteiger partial charge in [-0.25, -0.2) is 4.57 Å². The summed E-state index contributed by atoms with van der Waals surface area (Å²) in [5, 5.41) is 0. The molecular weight excluding hydrogens is 371 g/mol. The summed E-state index contributed by atoms with van der Waals surface area (Å²) in [5.41, 5.74) is 0. The molecule has 5 atom stereocenters. The van der Waals surface area contributed by atoms with Gasteiger partial charge in [-0.05, 0) is 6.92 Å². The van der Waals surface area contributed by atoms with Crippen LogP contribution in [0.5, 0.6) is 0 Å². The highest BCUT2D eigenvalue weighted by molar-refractivity contribution is 7.17. The van der Waals surface area contributed by atoms with Gasteiger partial charge in [0.25, 0.3) is 0 Å². The van der Waals surface area contributed by atoms with Crippen molar-refractivity contribution in [3.8, 4) is 0 Å². The molecule has 5 unspecified atom stereocenters. The van der Waals surface area contributed by atoms with E-state index in [1.165, 1.54) is 13.8 Å². The smallest absolute Gasteiger partial charge is 0.329 e. The molecule has 0 aromatic heterocycles. The molecule has 1 saturated heterocycles. The van der Waals surface area contributed by atoms with E-state index in [0.717, 1.165) is 13.8 Å². The number of esters is 3. The summed E-state index contributed by atoms with van der Waals surface area (Å²) in [6.45, 7) is 4.45. The van der Waals surface area contributed by atoms with Crippen LogP contribution >= 0.6 is 8.69 Å². The van der Waals surface area contributed by atoms with E-state index >= 15 is 0 Å². The molecule has 0 radical (unpaired) electrons. The Bertz CT molecular complexity index is 563. The van der Waals surface area contributed by atoms with Crippen LogP contribution in [0.3, 0.4) is 0 Å². The summed E-state index contributed by atoms with van der Waals surface area (Å²) in [4.78, 5) is 45.7. The number of carbonyl (C=O) groups is 4. The normalized spacial score (nSPS) is 28.2. The van der Waals surface area contributed by atoms with Gasteiger partial charge in [0, 0.05) is 27.2 Å². The van der Waals surface area contributed by atoms with Gasteiger partial charge in [-0.15, -0.1) is 0 Å². The van der Waals surface area contributed by atoms with Gasteiger partial charge in [0.05, 0.1) is 5.92 Å². The van der Waals surface area contributed by atoms with Crippen LogP contribution in [-0.4, -0.2) is 54.9 Å². The first kappa shape index (κ1) is 22.1. The summed E-state index contributed by atoms with van der Waals surface area (Å²) in [6.07, 6.45) is -4.68.